The van der Waals surface area contributed by atoms with Gasteiger partial charge in [0.1, 0.15) is 17.1 Å². The van der Waals surface area contributed by atoms with Gasteiger partial charge in [0.25, 0.3) is 5.91 Å². The third kappa shape index (κ3) is 6.79. The number of carbonyl (C=O) groups is 3. The van der Waals surface area contributed by atoms with Crippen LogP contribution in [0.15, 0.2) is 36.4 Å². The molecule has 0 unspecified atom stereocenters. The maximum absolute atomic E-state index is 14.7. The summed E-state index contributed by atoms with van der Waals surface area (Å²) in [5, 5.41) is 5.20. The first-order chi connectivity index (χ1) is 16.1. The molecule has 2 aromatic rings. The van der Waals surface area contributed by atoms with Gasteiger partial charge in [-0.1, -0.05) is 19.0 Å². The predicted molar refractivity (Wildman–Crippen MR) is 129 cm³/mol. The number of ether oxygens (including phenoxy) is 1. The first kappa shape index (κ1) is 25.2. The van der Waals surface area contributed by atoms with Crippen LogP contribution >= 0.6 is 0 Å². The van der Waals surface area contributed by atoms with Gasteiger partial charge < -0.3 is 20.3 Å². The smallest absolute Gasteiger partial charge is 0.410 e. The molecule has 1 atom stereocenters. The SMILES string of the molecule is C[B]c1cccc(C(=O)Nc2ccc(NC(=O)[C@@H]3CCCN(C(=O)OC(C)(C)C)C3)c(F)c2)n1. The Labute approximate surface area is 199 Å². The minimum Gasteiger partial charge on any atom is -0.444 e. The molecule has 1 radical (unpaired) electrons. The number of benzene rings is 1. The number of nitrogens with one attached hydrogen (secondary N) is 2. The van der Waals surface area contributed by atoms with E-state index in [0.717, 1.165) is 6.07 Å². The predicted octanol–water partition coefficient (Wildman–Crippen LogP) is 3.44. The van der Waals surface area contributed by atoms with Crippen molar-refractivity contribution in [1.82, 2.24) is 9.88 Å². The molecule has 0 aliphatic carbocycles. The average Bonchev–Trinajstić information content (AvgIpc) is 2.79. The number of aromatic nitrogens is 1. The molecule has 0 spiro atoms. The lowest BCUT2D eigenvalue weighted by Crippen LogP contribution is -2.45. The van der Waals surface area contributed by atoms with E-state index in [1.165, 1.54) is 17.0 Å². The molecule has 3 amide bonds. The van der Waals surface area contributed by atoms with E-state index in [1.807, 2.05) is 6.82 Å². The monoisotopic (exact) mass is 467 g/mol. The zero-order chi connectivity index (χ0) is 24.9. The molecule has 1 aliphatic heterocycles. The van der Waals surface area contributed by atoms with Crippen LogP contribution in [0.25, 0.3) is 0 Å². The molecule has 1 aromatic heterocycles. The van der Waals surface area contributed by atoms with Crippen LogP contribution in [0.2, 0.25) is 6.82 Å². The number of hydrogen-bond donors (Lipinski definition) is 2. The van der Waals surface area contributed by atoms with Gasteiger partial charge in [0.05, 0.1) is 11.6 Å². The minimum atomic E-state index is -0.686. The average molecular weight is 467 g/mol. The van der Waals surface area contributed by atoms with Crippen LogP contribution in [-0.2, 0) is 9.53 Å². The number of pyridine rings is 1. The summed E-state index contributed by atoms with van der Waals surface area (Å²) >= 11 is 0. The summed E-state index contributed by atoms with van der Waals surface area (Å²) in [7, 11) is 1.77. The molecule has 10 heteroatoms. The van der Waals surface area contributed by atoms with Gasteiger partial charge in [0.15, 0.2) is 7.28 Å². The van der Waals surface area contributed by atoms with Gasteiger partial charge in [-0.2, -0.15) is 0 Å². The van der Waals surface area contributed by atoms with Gasteiger partial charge in [-0.3, -0.25) is 14.6 Å². The fraction of sp³-hybridized carbons (Fsp3) is 0.417. The Bertz CT molecular complexity index is 1070. The molecule has 1 saturated heterocycles. The molecule has 1 aromatic carbocycles. The third-order valence-corrected chi connectivity index (χ3v) is 5.23. The van der Waals surface area contributed by atoms with Crippen LogP contribution in [0.1, 0.15) is 44.1 Å². The maximum atomic E-state index is 14.7. The number of anilines is 2. The van der Waals surface area contributed by atoms with E-state index < -0.39 is 29.3 Å². The lowest BCUT2D eigenvalue weighted by molar-refractivity contribution is -0.121. The Morgan fingerprint density at radius 1 is 1.18 bits per heavy atom. The van der Waals surface area contributed by atoms with Gasteiger partial charge in [-0.25, -0.2) is 9.18 Å². The molecule has 1 aliphatic rings. The van der Waals surface area contributed by atoms with Crippen LogP contribution < -0.4 is 16.2 Å². The van der Waals surface area contributed by atoms with E-state index in [4.69, 9.17) is 4.74 Å². The Morgan fingerprint density at radius 3 is 2.62 bits per heavy atom. The second-order valence-electron chi connectivity index (χ2n) is 9.14. The van der Waals surface area contributed by atoms with Gasteiger partial charge in [0.2, 0.25) is 5.91 Å². The third-order valence-electron chi connectivity index (χ3n) is 5.23. The van der Waals surface area contributed by atoms with Crippen molar-refractivity contribution in [3.05, 3.63) is 47.9 Å². The van der Waals surface area contributed by atoms with E-state index in [1.54, 1.807) is 46.2 Å². The number of amides is 3. The highest BCUT2D eigenvalue weighted by molar-refractivity contribution is 6.50. The van der Waals surface area contributed by atoms with Crippen LogP contribution in [0.5, 0.6) is 0 Å². The highest BCUT2D eigenvalue weighted by atomic mass is 19.1. The van der Waals surface area contributed by atoms with Crippen molar-refractivity contribution in [2.75, 3.05) is 23.7 Å². The maximum Gasteiger partial charge on any atom is 0.410 e. The first-order valence-corrected chi connectivity index (χ1v) is 11.2. The van der Waals surface area contributed by atoms with Gasteiger partial charge in [-0.15, -0.1) is 0 Å². The second kappa shape index (κ2) is 10.7. The number of rotatable bonds is 5. The van der Waals surface area contributed by atoms with E-state index in [2.05, 4.69) is 15.6 Å². The topological polar surface area (TPSA) is 101 Å². The minimum absolute atomic E-state index is 0.00176. The van der Waals surface area contributed by atoms with Crippen molar-refractivity contribution < 1.29 is 23.5 Å². The molecule has 2 heterocycles. The molecule has 179 valence electrons. The van der Waals surface area contributed by atoms with Crippen molar-refractivity contribution in [2.24, 2.45) is 5.92 Å². The quantitative estimate of drug-likeness (QED) is 0.657. The van der Waals surface area contributed by atoms with E-state index in [0.29, 0.717) is 25.0 Å². The van der Waals surface area contributed by atoms with Crippen LogP contribution in [0.4, 0.5) is 20.6 Å². The largest absolute Gasteiger partial charge is 0.444 e. The fourth-order valence-corrected chi connectivity index (χ4v) is 3.55. The molecule has 3 rings (SSSR count). The van der Waals surface area contributed by atoms with Crippen molar-refractivity contribution in [1.29, 1.82) is 0 Å². The summed E-state index contributed by atoms with van der Waals surface area (Å²) in [5.74, 6) is -2.01. The second-order valence-corrected chi connectivity index (χ2v) is 9.14. The molecule has 1 fully saturated rings. The molecule has 8 nitrogen and oxygen atoms in total. The normalized spacial score (nSPS) is 15.9. The summed E-state index contributed by atoms with van der Waals surface area (Å²) in [5.41, 5.74) is 0.477. The number of likely N-dealkylation sites (tertiary alicyclic amines) is 1. The van der Waals surface area contributed by atoms with Crippen LogP contribution in [0, 0.1) is 11.7 Å². The van der Waals surface area contributed by atoms with E-state index >= 15 is 0 Å². The zero-order valence-electron chi connectivity index (χ0n) is 19.9. The number of nitrogens with zero attached hydrogens (tertiary/aromatic N) is 2. The van der Waals surface area contributed by atoms with Crippen LogP contribution in [0.3, 0.4) is 0 Å². The summed E-state index contributed by atoms with van der Waals surface area (Å²) in [6.07, 6.45) is 0.769. The number of piperidine rings is 1. The number of hydrogen-bond acceptors (Lipinski definition) is 5. The fourth-order valence-electron chi connectivity index (χ4n) is 3.55. The zero-order valence-corrected chi connectivity index (χ0v) is 19.9. The van der Waals surface area contributed by atoms with Gasteiger partial charge >= 0.3 is 6.09 Å². The highest BCUT2D eigenvalue weighted by Gasteiger charge is 2.31. The van der Waals surface area contributed by atoms with Crippen molar-refractivity contribution in [3.8, 4) is 0 Å². The Morgan fingerprint density at radius 2 is 1.94 bits per heavy atom. The molecule has 0 bridgehead atoms. The lowest BCUT2D eigenvalue weighted by atomic mass is 9.77. The van der Waals surface area contributed by atoms with Gasteiger partial charge in [0, 0.05) is 18.8 Å². The first-order valence-electron chi connectivity index (χ1n) is 11.2. The summed E-state index contributed by atoms with van der Waals surface area (Å²) in [4.78, 5) is 43.2. The number of carbonyl (C=O) groups excluding carboxylic acids is 3. The Kier molecular flexibility index (Phi) is 7.91. The lowest BCUT2D eigenvalue weighted by Gasteiger charge is -2.33. The molecule has 2 N–H and O–H groups in total. The molecular formula is C24H29BFN4O4. The van der Waals surface area contributed by atoms with E-state index in [-0.39, 0.29) is 29.5 Å². The van der Waals surface area contributed by atoms with Crippen molar-refractivity contribution in [3.63, 3.8) is 0 Å². The summed E-state index contributed by atoms with van der Waals surface area (Å²) in [6, 6.07) is 9.08. The highest BCUT2D eigenvalue weighted by Crippen LogP contribution is 2.24. The summed E-state index contributed by atoms with van der Waals surface area (Å²) in [6.45, 7) is 7.88. The van der Waals surface area contributed by atoms with Crippen LogP contribution in [-0.4, -0.2) is 53.8 Å². The van der Waals surface area contributed by atoms with E-state index in [9.17, 15) is 18.8 Å². The molecule has 34 heavy (non-hydrogen) atoms. The molecular weight excluding hydrogens is 438 g/mol. The number of halogens is 1. The standard InChI is InChI=1S/C24H29BFN4O4/c1-24(2,3)34-23(33)30-12-6-7-15(14-30)21(31)29-18-11-10-16(13-17(18)26)27-22(32)19-8-5-9-20(25-4)28-19/h5,8-11,13,15H,6-7,12,14H2,1-4H3,(H,27,32)(H,29,31)/t15-/m1/s1. The Balaban J connectivity index is 1.61. The molecule has 0 saturated carbocycles. The van der Waals surface area contributed by atoms with Gasteiger partial charge in [-0.05, 0) is 63.5 Å². The van der Waals surface area contributed by atoms with Crippen molar-refractivity contribution >= 4 is 42.2 Å². The Hall–Kier alpha value is -3.43. The summed E-state index contributed by atoms with van der Waals surface area (Å²) < 4.78 is 20.1. The van der Waals surface area contributed by atoms with Crippen molar-refractivity contribution in [2.45, 2.75) is 46.0 Å².